The normalized spacial score (nSPS) is 21.0. The average molecular weight is 321 g/mol. The maximum absolute atomic E-state index is 13.7. The van der Waals surface area contributed by atoms with E-state index in [1.807, 2.05) is 13.0 Å². The van der Waals surface area contributed by atoms with E-state index in [4.69, 9.17) is 0 Å². The molecule has 1 fully saturated rings. The number of H-pyrrole nitrogens is 1. The molecule has 1 aromatic heterocycles. The number of nitrogens with one attached hydrogen (secondary N) is 1. The first-order valence-corrected chi connectivity index (χ1v) is 7.37. The van der Waals surface area contributed by atoms with Crippen LogP contribution in [0.1, 0.15) is 21.7 Å². The lowest BCUT2D eigenvalue weighted by atomic mass is 10.0. The number of β-amino-alcohol motifs (C(OH)–C–C–N with tert-alkyl or cyclic N) is 1. The number of likely N-dealkylation sites (tertiary alicyclic amines) is 1. The van der Waals surface area contributed by atoms with E-state index in [9.17, 15) is 18.7 Å². The van der Waals surface area contributed by atoms with Gasteiger partial charge >= 0.3 is 0 Å². The Kier molecular flexibility index (Phi) is 4.12. The minimum absolute atomic E-state index is 0.100. The highest BCUT2D eigenvalue weighted by Gasteiger charge is 2.35. The van der Waals surface area contributed by atoms with E-state index < -0.39 is 23.6 Å². The van der Waals surface area contributed by atoms with Crippen molar-refractivity contribution in [3.63, 3.8) is 0 Å². The van der Waals surface area contributed by atoms with Gasteiger partial charge in [0.1, 0.15) is 11.6 Å². The monoisotopic (exact) mass is 321 g/mol. The number of aliphatic hydroxyl groups is 1. The number of hydrogen-bond acceptors (Lipinski definition) is 3. The van der Waals surface area contributed by atoms with E-state index in [0.29, 0.717) is 6.42 Å². The molecule has 1 aliphatic heterocycles. The van der Waals surface area contributed by atoms with E-state index in [0.717, 1.165) is 29.6 Å². The lowest BCUT2D eigenvalue weighted by Gasteiger charge is -2.16. The van der Waals surface area contributed by atoms with Crippen LogP contribution >= 0.6 is 0 Å². The Morgan fingerprint density at radius 2 is 2.17 bits per heavy atom. The Hall–Kier alpha value is -2.28. The van der Waals surface area contributed by atoms with Crippen LogP contribution in [0, 0.1) is 24.5 Å². The fourth-order valence-corrected chi connectivity index (χ4v) is 2.90. The largest absolute Gasteiger partial charge is 0.391 e. The molecule has 1 saturated heterocycles. The first kappa shape index (κ1) is 15.6. The predicted molar refractivity (Wildman–Crippen MR) is 78.8 cm³/mol. The molecule has 2 aromatic rings. The van der Waals surface area contributed by atoms with Crippen LogP contribution in [-0.4, -0.2) is 45.3 Å². The number of aromatic nitrogens is 2. The van der Waals surface area contributed by atoms with Gasteiger partial charge < -0.3 is 10.0 Å². The van der Waals surface area contributed by atoms with Crippen LogP contribution in [0.25, 0.3) is 0 Å². The van der Waals surface area contributed by atoms with Crippen molar-refractivity contribution >= 4 is 5.91 Å². The second-order valence-electron chi connectivity index (χ2n) is 5.91. The summed E-state index contributed by atoms with van der Waals surface area (Å²) in [5.74, 6) is -2.23. The van der Waals surface area contributed by atoms with Crippen molar-refractivity contribution in [2.75, 3.05) is 13.1 Å². The Balaban J connectivity index is 1.72. The number of aliphatic hydroxyl groups excluding tert-OH is 1. The second-order valence-corrected chi connectivity index (χ2v) is 5.91. The molecule has 3 rings (SSSR count). The van der Waals surface area contributed by atoms with Crippen LogP contribution in [0.4, 0.5) is 8.78 Å². The molecular weight excluding hydrogens is 304 g/mol. The van der Waals surface area contributed by atoms with E-state index in [1.165, 1.54) is 4.90 Å². The molecule has 5 nitrogen and oxygen atoms in total. The predicted octanol–water partition coefficient (Wildman–Crippen LogP) is 1.67. The van der Waals surface area contributed by atoms with E-state index in [-0.39, 0.29) is 24.6 Å². The van der Waals surface area contributed by atoms with Gasteiger partial charge in [-0.2, -0.15) is 5.10 Å². The van der Waals surface area contributed by atoms with E-state index >= 15 is 0 Å². The van der Waals surface area contributed by atoms with Gasteiger partial charge in [0.05, 0.1) is 17.4 Å². The van der Waals surface area contributed by atoms with Crippen LogP contribution in [0.15, 0.2) is 24.3 Å². The highest BCUT2D eigenvalue weighted by atomic mass is 19.1. The van der Waals surface area contributed by atoms with Gasteiger partial charge in [-0.3, -0.25) is 9.89 Å². The smallest absolute Gasteiger partial charge is 0.257 e. The summed E-state index contributed by atoms with van der Waals surface area (Å²) in [7, 11) is 0. The molecule has 0 saturated carbocycles. The number of hydrogen-bond donors (Lipinski definition) is 2. The van der Waals surface area contributed by atoms with Crippen molar-refractivity contribution in [3.05, 3.63) is 52.9 Å². The number of nitrogens with zero attached hydrogens (tertiary/aromatic N) is 2. The van der Waals surface area contributed by atoms with Crippen molar-refractivity contribution in [2.45, 2.75) is 19.4 Å². The van der Waals surface area contributed by atoms with Gasteiger partial charge in [0.15, 0.2) is 0 Å². The maximum atomic E-state index is 13.7. The third-order valence-electron chi connectivity index (χ3n) is 4.08. The van der Waals surface area contributed by atoms with Crippen molar-refractivity contribution in [3.8, 4) is 0 Å². The first-order valence-electron chi connectivity index (χ1n) is 7.37. The topological polar surface area (TPSA) is 69.2 Å². The number of carbonyl (C=O) groups excluding carboxylic acids is 1. The van der Waals surface area contributed by atoms with Gasteiger partial charge in [0.2, 0.25) is 0 Å². The number of aryl methyl sites for hydroxylation is 1. The molecule has 1 aromatic carbocycles. The second kappa shape index (κ2) is 6.08. The molecule has 0 radical (unpaired) electrons. The summed E-state index contributed by atoms with van der Waals surface area (Å²) < 4.78 is 27.0. The Morgan fingerprint density at radius 3 is 2.87 bits per heavy atom. The SMILES string of the molecule is Cc1cc(C[C@@H]2CN(C(=O)c3cc(F)ccc3F)C[C@H]2O)n[nH]1. The van der Waals surface area contributed by atoms with Gasteiger partial charge in [-0.1, -0.05) is 0 Å². The quantitative estimate of drug-likeness (QED) is 0.903. The van der Waals surface area contributed by atoms with Crippen LogP contribution in [0.2, 0.25) is 0 Å². The van der Waals surface area contributed by atoms with Gasteiger partial charge in [0, 0.05) is 24.7 Å². The summed E-state index contributed by atoms with van der Waals surface area (Å²) in [6.07, 6.45) is -0.200. The zero-order valence-corrected chi connectivity index (χ0v) is 12.6. The molecule has 2 heterocycles. The number of benzene rings is 1. The number of amides is 1. The molecule has 122 valence electrons. The number of aromatic amines is 1. The summed E-state index contributed by atoms with van der Waals surface area (Å²) in [6, 6.07) is 4.66. The molecule has 7 heteroatoms. The van der Waals surface area contributed by atoms with E-state index in [1.54, 1.807) is 0 Å². The fourth-order valence-electron chi connectivity index (χ4n) is 2.90. The van der Waals surface area contributed by atoms with Crippen LogP contribution < -0.4 is 0 Å². The molecule has 23 heavy (non-hydrogen) atoms. The lowest BCUT2D eigenvalue weighted by molar-refractivity contribution is 0.0759. The zero-order chi connectivity index (χ0) is 16.6. The van der Waals surface area contributed by atoms with Crippen molar-refractivity contribution in [2.24, 2.45) is 5.92 Å². The van der Waals surface area contributed by atoms with Gasteiger partial charge in [-0.05, 0) is 37.6 Å². The van der Waals surface area contributed by atoms with Crippen LogP contribution in [0.3, 0.4) is 0 Å². The highest BCUT2D eigenvalue weighted by Crippen LogP contribution is 2.23. The van der Waals surface area contributed by atoms with E-state index in [2.05, 4.69) is 10.2 Å². The summed E-state index contributed by atoms with van der Waals surface area (Å²) in [5, 5.41) is 17.1. The first-order chi connectivity index (χ1) is 10.9. The molecule has 1 amide bonds. The molecule has 0 unspecified atom stereocenters. The summed E-state index contributed by atoms with van der Waals surface area (Å²) >= 11 is 0. The van der Waals surface area contributed by atoms with Crippen molar-refractivity contribution < 1.29 is 18.7 Å². The Morgan fingerprint density at radius 1 is 1.39 bits per heavy atom. The molecule has 2 atom stereocenters. The summed E-state index contributed by atoms with van der Waals surface area (Å²) in [6.45, 7) is 2.26. The van der Waals surface area contributed by atoms with Gasteiger partial charge in [0.25, 0.3) is 5.91 Å². The number of carbonyl (C=O) groups is 1. The molecule has 0 bridgehead atoms. The number of rotatable bonds is 3. The molecule has 2 N–H and O–H groups in total. The molecule has 1 aliphatic rings. The average Bonchev–Trinajstić information content (AvgIpc) is 3.08. The lowest BCUT2D eigenvalue weighted by Crippen LogP contribution is -2.30. The van der Waals surface area contributed by atoms with Crippen molar-refractivity contribution in [1.82, 2.24) is 15.1 Å². The molecule has 0 spiro atoms. The van der Waals surface area contributed by atoms with Crippen LogP contribution in [-0.2, 0) is 6.42 Å². The minimum Gasteiger partial charge on any atom is -0.391 e. The highest BCUT2D eigenvalue weighted by molar-refractivity contribution is 5.94. The van der Waals surface area contributed by atoms with Crippen molar-refractivity contribution in [1.29, 1.82) is 0 Å². The number of halogens is 2. The summed E-state index contributed by atoms with van der Waals surface area (Å²) in [5.41, 5.74) is 1.41. The minimum atomic E-state index is -0.766. The summed E-state index contributed by atoms with van der Waals surface area (Å²) in [4.78, 5) is 13.7. The van der Waals surface area contributed by atoms with Crippen LogP contribution in [0.5, 0.6) is 0 Å². The fraction of sp³-hybridized carbons (Fsp3) is 0.375. The van der Waals surface area contributed by atoms with Gasteiger partial charge in [-0.15, -0.1) is 0 Å². The zero-order valence-electron chi connectivity index (χ0n) is 12.6. The molecule has 0 aliphatic carbocycles. The molecular formula is C16H17F2N3O2. The maximum Gasteiger partial charge on any atom is 0.257 e. The standard InChI is InChI=1S/C16H17F2N3O2/c1-9-4-12(20-19-9)5-10-7-21(8-15(10)22)16(23)13-6-11(17)2-3-14(13)18/h2-4,6,10,15,22H,5,7-8H2,1H3,(H,19,20)/t10-,15-/m1/s1. The third-order valence-corrected chi connectivity index (χ3v) is 4.08. The third kappa shape index (κ3) is 3.24. The Labute approximate surface area is 131 Å². The Bertz CT molecular complexity index is 732. The van der Waals surface area contributed by atoms with Gasteiger partial charge in [-0.25, -0.2) is 8.78 Å².